The summed E-state index contributed by atoms with van der Waals surface area (Å²) < 4.78 is 12.3. The first kappa shape index (κ1) is 37.9. The van der Waals surface area contributed by atoms with E-state index in [2.05, 4.69) is 39.9 Å². The van der Waals surface area contributed by atoms with Crippen molar-refractivity contribution in [2.75, 3.05) is 6.61 Å². The summed E-state index contributed by atoms with van der Waals surface area (Å²) in [5, 5.41) is 54.5. The van der Waals surface area contributed by atoms with Crippen LogP contribution in [0.15, 0.2) is 0 Å². The molecule has 1 saturated heterocycles. The molecule has 1 amide bonds. The normalized spacial score (nSPS) is 44.6. The van der Waals surface area contributed by atoms with Crippen molar-refractivity contribution in [2.24, 2.45) is 52.3 Å². The molecular formula is C38H65NO9. The second-order valence-corrected chi connectivity index (χ2v) is 17.6. The zero-order chi connectivity index (χ0) is 35.2. The van der Waals surface area contributed by atoms with E-state index >= 15 is 0 Å². The first-order valence-corrected chi connectivity index (χ1v) is 19.1. The maximum atomic E-state index is 12.8. The van der Waals surface area contributed by atoms with Gasteiger partial charge in [0.1, 0.15) is 18.3 Å². The summed E-state index contributed by atoms with van der Waals surface area (Å²) >= 11 is 0. The number of hydrogen-bond donors (Lipinski definition) is 6. The minimum absolute atomic E-state index is 0.162. The fraction of sp³-hybridized carbons (Fsp3) is 0.947. The Hall–Kier alpha value is -1.30. The molecule has 10 heteroatoms. The SMILES string of the molecule is CC(=O)N[C@H]1[C@@H](C(O)C(O)CO)O[C@](O[C@H]2CC[C@@]3(C)C(CCC4C5CCC(C(C)CCCC(C)C)[C@@]5(C)CCC43)C2)(C(=O)O)C[C@@H]1O. The molecule has 0 aromatic heterocycles. The lowest BCUT2D eigenvalue weighted by Gasteiger charge is -2.61. The van der Waals surface area contributed by atoms with E-state index in [9.17, 15) is 35.1 Å². The molecule has 276 valence electrons. The van der Waals surface area contributed by atoms with Crippen molar-refractivity contribution in [1.29, 1.82) is 0 Å². The summed E-state index contributed by atoms with van der Waals surface area (Å²) in [7, 11) is 0. The number of aliphatic hydroxyl groups excluding tert-OH is 4. The van der Waals surface area contributed by atoms with Crippen molar-refractivity contribution in [3.63, 3.8) is 0 Å². The van der Waals surface area contributed by atoms with E-state index in [4.69, 9.17) is 9.47 Å². The molecule has 0 aromatic rings. The molecule has 0 radical (unpaired) electrons. The number of ether oxygens (including phenoxy) is 2. The van der Waals surface area contributed by atoms with E-state index < -0.39 is 67.3 Å². The molecule has 15 atom stereocenters. The Labute approximate surface area is 287 Å². The number of rotatable bonds is 12. The van der Waals surface area contributed by atoms with Crippen LogP contribution in [0.5, 0.6) is 0 Å². The Morgan fingerprint density at radius 3 is 2.29 bits per heavy atom. The predicted octanol–water partition coefficient (Wildman–Crippen LogP) is 4.64. The second kappa shape index (κ2) is 14.7. The molecule has 1 aliphatic heterocycles. The molecule has 10 nitrogen and oxygen atoms in total. The van der Waals surface area contributed by atoms with Crippen LogP contribution in [0, 0.1) is 52.3 Å². The number of carbonyl (C=O) groups excluding carboxylic acids is 1. The zero-order valence-corrected chi connectivity index (χ0v) is 30.3. The summed E-state index contributed by atoms with van der Waals surface area (Å²) in [6.07, 6.45) is 6.60. The van der Waals surface area contributed by atoms with Gasteiger partial charge < -0.3 is 40.3 Å². The van der Waals surface area contributed by atoms with Gasteiger partial charge in [-0.15, -0.1) is 0 Å². The van der Waals surface area contributed by atoms with Gasteiger partial charge in [0.2, 0.25) is 5.91 Å². The van der Waals surface area contributed by atoms with E-state index in [-0.39, 0.29) is 5.41 Å². The highest BCUT2D eigenvalue weighted by Gasteiger charge is 2.62. The fourth-order valence-corrected chi connectivity index (χ4v) is 11.9. The van der Waals surface area contributed by atoms with Crippen molar-refractivity contribution >= 4 is 11.9 Å². The molecule has 0 aromatic carbocycles. The number of hydrogen-bond acceptors (Lipinski definition) is 8. The summed E-state index contributed by atoms with van der Waals surface area (Å²) in [6, 6.07) is -1.20. The number of aliphatic carboxylic acids is 1. The third-order valence-corrected chi connectivity index (χ3v) is 14.4. The van der Waals surface area contributed by atoms with Gasteiger partial charge in [-0.25, -0.2) is 4.79 Å². The molecule has 5 aliphatic rings. The molecule has 6 N–H and O–H groups in total. The van der Waals surface area contributed by atoms with Crippen LogP contribution in [0.3, 0.4) is 0 Å². The quantitative estimate of drug-likeness (QED) is 0.161. The van der Waals surface area contributed by atoms with Crippen molar-refractivity contribution in [1.82, 2.24) is 5.32 Å². The first-order valence-electron chi connectivity index (χ1n) is 19.1. The number of amides is 1. The standard InChI is InChI=1S/C38H65NO9/c1-21(2)8-7-9-22(3)27-12-13-28-26-11-10-24-18-25(14-16-36(24,5)29(26)15-17-37(27,28)6)47-38(35(45)46)19-30(42)32(39-23(4)41)34(48-38)33(44)31(43)20-40/h21-22,24-34,40,42-44H,7-20H2,1-6H3,(H,39,41)(H,45,46)/t22?,24?,25-,26?,27?,28?,29?,30-,31?,32+,33?,34-,36-,37+,38-/m0/s1. The van der Waals surface area contributed by atoms with Crippen LogP contribution >= 0.6 is 0 Å². The van der Waals surface area contributed by atoms with Crippen LogP contribution in [-0.4, -0.2) is 86.4 Å². The van der Waals surface area contributed by atoms with E-state index in [0.717, 1.165) is 42.4 Å². The zero-order valence-electron chi connectivity index (χ0n) is 30.3. The molecule has 5 rings (SSSR count). The fourth-order valence-electron chi connectivity index (χ4n) is 11.9. The number of carboxylic acids is 1. The van der Waals surface area contributed by atoms with Gasteiger partial charge in [0.25, 0.3) is 5.79 Å². The van der Waals surface area contributed by atoms with Gasteiger partial charge in [0.15, 0.2) is 0 Å². The van der Waals surface area contributed by atoms with Crippen molar-refractivity contribution in [3.05, 3.63) is 0 Å². The Bertz CT molecular complexity index is 1140. The maximum absolute atomic E-state index is 12.8. The Kier molecular flexibility index (Phi) is 11.7. The Morgan fingerprint density at radius 2 is 1.65 bits per heavy atom. The lowest BCUT2D eigenvalue weighted by Crippen LogP contribution is -2.68. The minimum Gasteiger partial charge on any atom is -0.477 e. The molecule has 0 spiro atoms. The van der Waals surface area contributed by atoms with Crippen LogP contribution in [0.1, 0.15) is 125 Å². The number of carbonyl (C=O) groups is 2. The lowest BCUT2D eigenvalue weighted by atomic mass is 9.44. The van der Waals surface area contributed by atoms with Crippen LogP contribution in [-0.2, 0) is 19.1 Å². The Morgan fingerprint density at radius 1 is 0.958 bits per heavy atom. The minimum atomic E-state index is -2.28. The highest BCUT2D eigenvalue weighted by atomic mass is 16.7. The number of carboxylic acid groups (broad SMARTS) is 1. The summed E-state index contributed by atoms with van der Waals surface area (Å²) in [5.74, 6) is 0.696. The molecule has 4 aliphatic carbocycles. The monoisotopic (exact) mass is 679 g/mol. The second-order valence-electron chi connectivity index (χ2n) is 17.6. The molecule has 5 fully saturated rings. The van der Waals surface area contributed by atoms with Crippen molar-refractivity contribution in [3.8, 4) is 0 Å². The average Bonchev–Trinajstić information content (AvgIpc) is 3.38. The number of fused-ring (bicyclic) bond motifs is 5. The van der Waals surface area contributed by atoms with E-state index in [0.29, 0.717) is 30.1 Å². The molecule has 4 saturated carbocycles. The van der Waals surface area contributed by atoms with Crippen LogP contribution in [0.4, 0.5) is 0 Å². The Balaban J connectivity index is 1.27. The summed E-state index contributed by atoms with van der Waals surface area (Å²) in [6.45, 7) is 12.7. The number of aliphatic hydroxyl groups is 4. The van der Waals surface area contributed by atoms with E-state index in [1.165, 1.54) is 58.3 Å². The third-order valence-electron chi connectivity index (χ3n) is 14.4. The van der Waals surface area contributed by atoms with Gasteiger partial charge in [-0.05, 0) is 110 Å². The predicted molar refractivity (Wildman–Crippen MR) is 181 cm³/mol. The molecule has 1 heterocycles. The maximum Gasteiger partial charge on any atom is 0.364 e. The van der Waals surface area contributed by atoms with Gasteiger partial charge in [-0.2, -0.15) is 0 Å². The molecular weight excluding hydrogens is 614 g/mol. The molecule has 8 unspecified atom stereocenters. The van der Waals surface area contributed by atoms with Crippen LogP contribution in [0.2, 0.25) is 0 Å². The highest BCUT2D eigenvalue weighted by molar-refractivity contribution is 5.76. The van der Waals surface area contributed by atoms with Gasteiger partial charge in [0.05, 0.1) is 24.9 Å². The van der Waals surface area contributed by atoms with Crippen molar-refractivity contribution in [2.45, 2.75) is 167 Å². The molecule has 48 heavy (non-hydrogen) atoms. The lowest BCUT2D eigenvalue weighted by molar-refractivity contribution is -0.328. The summed E-state index contributed by atoms with van der Waals surface area (Å²) in [5.41, 5.74) is 0.587. The topological polar surface area (TPSA) is 166 Å². The number of nitrogens with one attached hydrogen (secondary N) is 1. The first-order chi connectivity index (χ1) is 22.6. The van der Waals surface area contributed by atoms with Crippen LogP contribution in [0.25, 0.3) is 0 Å². The van der Waals surface area contributed by atoms with Gasteiger partial charge in [0, 0.05) is 13.3 Å². The van der Waals surface area contributed by atoms with Gasteiger partial charge in [-0.1, -0.05) is 53.9 Å². The third kappa shape index (κ3) is 7.09. The van der Waals surface area contributed by atoms with Gasteiger partial charge in [-0.3, -0.25) is 4.79 Å². The van der Waals surface area contributed by atoms with Crippen molar-refractivity contribution < 1.29 is 44.6 Å². The largest absolute Gasteiger partial charge is 0.477 e. The average molecular weight is 680 g/mol. The van der Waals surface area contributed by atoms with Crippen LogP contribution < -0.4 is 5.32 Å². The van der Waals surface area contributed by atoms with Gasteiger partial charge >= 0.3 is 5.97 Å². The van der Waals surface area contributed by atoms with E-state index in [1.54, 1.807) is 0 Å². The highest BCUT2D eigenvalue weighted by Crippen LogP contribution is 2.68. The smallest absolute Gasteiger partial charge is 0.364 e. The summed E-state index contributed by atoms with van der Waals surface area (Å²) in [4.78, 5) is 24.7. The van der Waals surface area contributed by atoms with E-state index in [1.807, 2.05) is 0 Å². The molecule has 0 bridgehead atoms.